The number of ether oxygens (including phenoxy) is 1. The molecule has 1 fully saturated rings. The zero-order valence-electron chi connectivity index (χ0n) is 9.53. The lowest BCUT2D eigenvalue weighted by molar-refractivity contribution is 0.142. The van der Waals surface area contributed by atoms with Gasteiger partial charge in [-0.25, -0.2) is 4.98 Å². The van der Waals surface area contributed by atoms with Gasteiger partial charge < -0.3 is 14.6 Å². The topological polar surface area (TPSA) is 39.1 Å². The summed E-state index contributed by atoms with van der Waals surface area (Å²) in [6, 6.07) is 6.07. The van der Waals surface area contributed by atoms with Gasteiger partial charge in [-0.2, -0.15) is 0 Å². The summed E-state index contributed by atoms with van der Waals surface area (Å²) in [5, 5.41) is 3.19. The van der Waals surface area contributed by atoms with Crippen LogP contribution in [0.25, 0.3) is 11.0 Å². The molecule has 0 radical (unpaired) electrons. The monoisotopic (exact) mass is 217 g/mol. The van der Waals surface area contributed by atoms with Gasteiger partial charge in [-0.15, -0.1) is 0 Å². The van der Waals surface area contributed by atoms with Crippen molar-refractivity contribution in [1.82, 2.24) is 14.9 Å². The van der Waals surface area contributed by atoms with Crippen LogP contribution in [0.5, 0.6) is 5.75 Å². The molecule has 0 saturated carbocycles. The number of benzene rings is 1. The molecule has 84 valence electrons. The number of hydrogen-bond donors (Lipinski definition) is 1. The Morgan fingerprint density at radius 3 is 2.94 bits per heavy atom. The van der Waals surface area contributed by atoms with Gasteiger partial charge in [-0.1, -0.05) is 0 Å². The maximum atomic E-state index is 5.82. The number of nitrogens with zero attached hydrogens (tertiary/aromatic N) is 2. The first kappa shape index (κ1) is 9.66. The molecular formula is C12H15N3O. The number of hydrogen-bond acceptors (Lipinski definition) is 3. The zero-order valence-corrected chi connectivity index (χ0v) is 9.53. The van der Waals surface area contributed by atoms with Crippen LogP contribution in [0.15, 0.2) is 18.2 Å². The number of aryl methyl sites for hydroxylation is 2. The Hall–Kier alpha value is -1.55. The average molecular weight is 217 g/mol. The smallest absolute Gasteiger partial charge is 0.123 e. The van der Waals surface area contributed by atoms with E-state index in [9.17, 15) is 0 Å². The molecule has 0 aliphatic carbocycles. The lowest BCUT2D eigenvalue weighted by Gasteiger charge is -2.27. The number of fused-ring (bicyclic) bond motifs is 1. The lowest BCUT2D eigenvalue weighted by atomic mass is 10.2. The van der Waals surface area contributed by atoms with Gasteiger partial charge in [-0.05, 0) is 19.1 Å². The molecule has 0 amide bonds. The Labute approximate surface area is 94.2 Å². The van der Waals surface area contributed by atoms with E-state index in [0.29, 0.717) is 6.10 Å². The minimum atomic E-state index is 0.326. The molecule has 0 unspecified atom stereocenters. The van der Waals surface area contributed by atoms with E-state index in [0.717, 1.165) is 35.7 Å². The van der Waals surface area contributed by atoms with Gasteiger partial charge in [-0.3, -0.25) is 0 Å². The molecule has 2 aromatic rings. The first-order chi connectivity index (χ1) is 7.74. The maximum absolute atomic E-state index is 5.82. The van der Waals surface area contributed by atoms with Gasteiger partial charge in [0.1, 0.15) is 17.7 Å². The highest BCUT2D eigenvalue weighted by Gasteiger charge is 2.18. The van der Waals surface area contributed by atoms with Crippen molar-refractivity contribution in [3.05, 3.63) is 24.0 Å². The molecule has 0 bridgehead atoms. The van der Waals surface area contributed by atoms with Crippen LogP contribution in [0.4, 0.5) is 0 Å². The van der Waals surface area contributed by atoms with E-state index in [2.05, 4.69) is 20.9 Å². The Kier molecular flexibility index (Phi) is 2.11. The number of imidazole rings is 1. The van der Waals surface area contributed by atoms with Crippen molar-refractivity contribution in [3.63, 3.8) is 0 Å². The van der Waals surface area contributed by atoms with Crippen molar-refractivity contribution in [3.8, 4) is 5.75 Å². The van der Waals surface area contributed by atoms with E-state index >= 15 is 0 Å². The highest BCUT2D eigenvalue weighted by Crippen LogP contribution is 2.22. The number of rotatable bonds is 2. The van der Waals surface area contributed by atoms with Crippen LogP contribution in [0.1, 0.15) is 5.82 Å². The molecule has 16 heavy (non-hydrogen) atoms. The summed E-state index contributed by atoms with van der Waals surface area (Å²) in [6.45, 7) is 3.90. The van der Waals surface area contributed by atoms with Crippen LogP contribution < -0.4 is 10.1 Å². The predicted molar refractivity (Wildman–Crippen MR) is 62.7 cm³/mol. The van der Waals surface area contributed by atoms with Crippen LogP contribution in [-0.2, 0) is 7.05 Å². The van der Waals surface area contributed by atoms with Gasteiger partial charge in [0.15, 0.2) is 0 Å². The quantitative estimate of drug-likeness (QED) is 0.822. The molecule has 3 rings (SSSR count). The Morgan fingerprint density at radius 1 is 1.44 bits per heavy atom. The highest BCUT2D eigenvalue weighted by atomic mass is 16.5. The van der Waals surface area contributed by atoms with Gasteiger partial charge in [0.2, 0.25) is 0 Å². The first-order valence-corrected chi connectivity index (χ1v) is 5.54. The molecular weight excluding hydrogens is 202 g/mol. The van der Waals surface area contributed by atoms with Gasteiger partial charge in [0.05, 0.1) is 11.0 Å². The van der Waals surface area contributed by atoms with E-state index in [4.69, 9.17) is 4.74 Å². The van der Waals surface area contributed by atoms with Crippen molar-refractivity contribution in [2.45, 2.75) is 13.0 Å². The third-order valence-corrected chi connectivity index (χ3v) is 3.12. The molecule has 0 spiro atoms. The van der Waals surface area contributed by atoms with Gasteiger partial charge in [0, 0.05) is 26.2 Å². The summed E-state index contributed by atoms with van der Waals surface area (Å²) in [4.78, 5) is 4.46. The van der Waals surface area contributed by atoms with Crippen molar-refractivity contribution in [2.24, 2.45) is 7.05 Å². The van der Waals surface area contributed by atoms with E-state index < -0.39 is 0 Å². The van der Waals surface area contributed by atoms with Crippen molar-refractivity contribution < 1.29 is 4.74 Å². The first-order valence-electron chi connectivity index (χ1n) is 5.54. The highest BCUT2D eigenvalue weighted by molar-refractivity contribution is 5.77. The fourth-order valence-corrected chi connectivity index (χ4v) is 1.90. The van der Waals surface area contributed by atoms with E-state index in [-0.39, 0.29) is 0 Å². The molecule has 2 heterocycles. The summed E-state index contributed by atoms with van der Waals surface area (Å²) >= 11 is 0. The maximum Gasteiger partial charge on any atom is 0.123 e. The molecule has 1 aliphatic heterocycles. The second kappa shape index (κ2) is 3.49. The fraction of sp³-hybridized carbons (Fsp3) is 0.417. The van der Waals surface area contributed by atoms with E-state index in [1.807, 2.05) is 26.1 Å². The third kappa shape index (κ3) is 1.46. The largest absolute Gasteiger partial charge is 0.488 e. The fourth-order valence-electron chi connectivity index (χ4n) is 1.90. The molecule has 4 nitrogen and oxygen atoms in total. The minimum absolute atomic E-state index is 0.326. The van der Waals surface area contributed by atoms with Crippen LogP contribution in [-0.4, -0.2) is 28.7 Å². The summed E-state index contributed by atoms with van der Waals surface area (Å²) in [5.41, 5.74) is 2.15. The summed E-state index contributed by atoms with van der Waals surface area (Å²) in [6.07, 6.45) is 0.326. The normalized spacial score (nSPS) is 16.4. The second-order valence-corrected chi connectivity index (χ2v) is 4.27. The summed E-state index contributed by atoms with van der Waals surface area (Å²) in [7, 11) is 2.03. The van der Waals surface area contributed by atoms with Crippen LogP contribution in [0, 0.1) is 6.92 Å². The lowest BCUT2D eigenvalue weighted by Crippen LogP contribution is -2.50. The van der Waals surface area contributed by atoms with Gasteiger partial charge in [0.25, 0.3) is 0 Å². The van der Waals surface area contributed by atoms with Crippen molar-refractivity contribution >= 4 is 11.0 Å². The molecule has 0 atom stereocenters. The predicted octanol–water partition coefficient (Wildman–Crippen LogP) is 1.23. The Morgan fingerprint density at radius 2 is 2.25 bits per heavy atom. The van der Waals surface area contributed by atoms with E-state index in [1.54, 1.807) is 0 Å². The molecule has 1 N–H and O–H groups in total. The van der Waals surface area contributed by atoms with Crippen LogP contribution in [0.3, 0.4) is 0 Å². The van der Waals surface area contributed by atoms with E-state index in [1.165, 1.54) is 0 Å². The summed E-state index contributed by atoms with van der Waals surface area (Å²) in [5.74, 6) is 1.96. The van der Waals surface area contributed by atoms with Crippen LogP contribution in [0.2, 0.25) is 0 Å². The standard InChI is InChI=1S/C12H15N3O/c1-8-14-11-4-3-9(5-12(11)15(8)2)16-10-6-13-7-10/h3-5,10,13H,6-7H2,1-2H3. The molecule has 1 aromatic carbocycles. The number of nitrogens with one attached hydrogen (secondary N) is 1. The molecule has 1 aromatic heterocycles. The van der Waals surface area contributed by atoms with Crippen LogP contribution >= 0.6 is 0 Å². The van der Waals surface area contributed by atoms with Gasteiger partial charge >= 0.3 is 0 Å². The molecule has 1 aliphatic rings. The summed E-state index contributed by atoms with van der Waals surface area (Å²) < 4.78 is 7.90. The SMILES string of the molecule is Cc1nc2ccc(OC3CNC3)cc2n1C. The molecule has 4 heteroatoms. The zero-order chi connectivity index (χ0) is 11.1. The minimum Gasteiger partial charge on any atom is -0.488 e. The third-order valence-electron chi connectivity index (χ3n) is 3.12. The van der Waals surface area contributed by atoms with Crippen molar-refractivity contribution in [2.75, 3.05) is 13.1 Å². The Bertz CT molecular complexity index is 528. The van der Waals surface area contributed by atoms with Crippen molar-refractivity contribution in [1.29, 1.82) is 0 Å². The molecule has 1 saturated heterocycles. The number of aromatic nitrogens is 2. The average Bonchev–Trinajstić information content (AvgIpc) is 2.50. The second-order valence-electron chi connectivity index (χ2n) is 4.27. The Balaban J connectivity index is 1.97.